The first-order valence-electron chi connectivity index (χ1n) is 10.5. The van der Waals surface area contributed by atoms with Gasteiger partial charge in [-0.2, -0.15) is 0 Å². The number of ether oxygens (including phenoxy) is 2. The van der Waals surface area contributed by atoms with Crippen LogP contribution in [0.25, 0.3) is 10.8 Å². The van der Waals surface area contributed by atoms with Gasteiger partial charge in [0.2, 0.25) is 0 Å². The summed E-state index contributed by atoms with van der Waals surface area (Å²) in [6.07, 6.45) is 2.57. The number of thiazole rings is 1. The van der Waals surface area contributed by atoms with E-state index in [0.29, 0.717) is 16.8 Å². The topological polar surface area (TPSA) is 60.5 Å². The molecule has 5 nitrogen and oxygen atoms in total. The Hall–Kier alpha value is -2.45. The molecule has 1 saturated heterocycles. The Labute approximate surface area is 208 Å². The Kier molecular flexibility index (Phi) is 6.64. The Morgan fingerprint density at radius 2 is 1.94 bits per heavy atom. The number of nitrogens with zero attached hydrogens (tertiary/aromatic N) is 1. The lowest BCUT2D eigenvalue weighted by atomic mass is 10.1. The highest BCUT2D eigenvalue weighted by molar-refractivity contribution is 9.10. The van der Waals surface area contributed by atoms with E-state index in [-0.39, 0.29) is 5.91 Å². The number of hydrogen-bond acceptors (Lipinski definition) is 5. The van der Waals surface area contributed by atoms with E-state index < -0.39 is 12.2 Å². The summed E-state index contributed by atoms with van der Waals surface area (Å²) in [6.45, 7) is 0.621. The molecule has 1 fully saturated rings. The Morgan fingerprint density at radius 1 is 1.15 bits per heavy atom. The summed E-state index contributed by atoms with van der Waals surface area (Å²) in [5.74, 6) is 0.584. The van der Waals surface area contributed by atoms with Gasteiger partial charge in [-0.25, -0.2) is 4.98 Å². The van der Waals surface area contributed by atoms with Crippen LogP contribution in [0.5, 0.6) is 5.75 Å². The van der Waals surface area contributed by atoms with Crippen LogP contribution < -0.4 is 10.1 Å². The molecule has 5 rings (SSSR count). The molecule has 2 atom stereocenters. The fourth-order valence-corrected chi connectivity index (χ4v) is 5.15. The summed E-state index contributed by atoms with van der Waals surface area (Å²) in [5.41, 5.74) is 0.941. The molecule has 2 heterocycles. The second-order valence-electron chi connectivity index (χ2n) is 7.76. The number of aromatic nitrogens is 1. The first-order valence-corrected chi connectivity index (χ1v) is 12.5. The number of halogens is 2. The van der Waals surface area contributed by atoms with Gasteiger partial charge < -0.3 is 9.47 Å². The summed E-state index contributed by atoms with van der Waals surface area (Å²) in [4.78, 5) is 17.7. The van der Waals surface area contributed by atoms with E-state index in [2.05, 4.69) is 38.4 Å². The fraction of sp³-hybridized carbons (Fsp3) is 0.200. The molecule has 0 spiro atoms. The molecular weight excluding hydrogens is 524 g/mol. The number of anilines is 1. The van der Waals surface area contributed by atoms with Crippen LogP contribution in [0.4, 0.5) is 5.13 Å². The first kappa shape index (κ1) is 22.3. The number of rotatable bonds is 6. The van der Waals surface area contributed by atoms with Crippen LogP contribution >= 0.6 is 38.9 Å². The van der Waals surface area contributed by atoms with Gasteiger partial charge in [0, 0.05) is 22.3 Å². The highest BCUT2D eigenvalue weighted by atomic mass is 79.9. The van der Waals surface area contributed by atoms with Crippen LogP contribution in [0.1, 0.15) is 29.4 Å². The summed E-state index contributed by atoms with van der Waals surface area (Å²) >= 11 is 11.0. The lowest BCUT2D eigenvalue weighted by molar-refractivity contribution is -0.124. The van der Waals surface area contributed by atoms with Gasteiger partial charge >= 0.3 is 0 Å². The van der Waals surface area contributed by atoms with Crippen molar-refractivity contribution in [3.63, 3.8) is 0 Å². The molecule has 0 aliphatic carbocycles. The molecule has 0 radical (unpaired) electrons. The van der Waals surface area contributed by atoms with Crippen molar-refractivity contribution in [3.05, 3.63) is 86.8 Å². The lowest BCUT2D eigenvalue weighted by Crippen LogP contribution is -2.26. The van der Waals surface area contributed by atoms with Crippen molar-refractivity contribution in [2.45, 2.75) is 25.0 Å². The molecule has 1 aliphatic heterocycles. The number of benzene rings is 3. The van der Waals surface area contributed by atoms with Crippen molar-refractivity contribution >= 4 is 60.7 Å². The number of carbonyl (C=O) groups excluding carboxylic acids is 1. The minimum Gasteiger partial charge on any atom is -0.480 e. The first-order chi connectivity index (χ1) is 16.0. The highest BCUT2D eigenvalue weighted by Crippen LogP contribution is 2.35. The number of amides is 1. The maximum absolute atomic E-state index is 12.4. The SMILES string of the molecule is O=C(Nc1ncc(C(Oc2ccc3cc(Br)ccc3c2)c2ccc(Cl)cc2)s1)C1CCCO1. The summed E-state index contributed by atoms with van der Waals surface area (Å²) < 4.78 is 13.0. The van der Waals surface area contributed by atoms with Gasteiger partial charge in [0.1, 0.15) is 11.9 Å². The smallest absolute Gasteiger partial charge is 0.255 e. The van der Waals surface area contributed by atoms with E-state index in [1.54, 1.807) is 6.20 Å². The van der Waals surface area contributed by atoms with E-state index >= 15 is 0 Å². The monoisotopic (exact) mass is 542 g/mol. The van der Waals surface area contributed by atoms with E-state index in [9.17, 15) is 4.79 Å². The summed E-state index contributed by atoms with van der Waals surface area (Å²) in [7, 11) is 0. The van der Waals surface area contributed by atoms with Gasteiger partial charge in [-0.05, 0) is 65.6 Å². The molecule has 4 aromatic rings. The van der Waals surface area contributed by atoms with Crippen LogP contribution in [-0.4, -0.2) is 23.6 Å². The van der Waals surface area contributed by atoms with Crippen LogP contribution in [0, 0.1) is 0 Å². The average Bonchev–Trinajstić information content (AvgIpc) is 3.51. The third-order valence-corrected chi connectivity index (χ3v) is 7.14. The maximum Gasteiger partial charge on any atom is 0.255 e. The number of fused-ring (bicyclic) bond motifs is 1. The number of hydrogen-bond donors (Lipinski definition) is 1. The van der Waals surface area contributed by atoms with Crippen molar-refractivity contribution in [1.82, 2.24) is 4.98 Å². The molecule has 8 heteroatoms. The normalized spacial score (nSPS) is 16.6. The molecule has 168 valence electrons. The maximum atomic E-state index is 12.4. The van der Waals surface area contributed by atoms with Gasteiger partial charge in [0.05, 0.1) is 4.88 Å². The van der Waals surface area contributed by atoms with Crippen LogP contribution in [0.3, 0.4) is 0 Å². The summed E-state index contributed by atoms with van der Waals surface area (Å²) in [6, 6.07) is 19.7. The molecule has 1 N–H and O–H groups in total. The Morgan fingerprint density at radius 3 is 2.73 bits per heavy atom. The third kappa shape index (κ3) is 5.22. The van der Waals surface area contributed by atoms with Gasteiger partial charge in [-0.1, -0.05) is 63.1 Å². The molecule has 1 aliphatic rings. The van der Waals surface area contributed by atoms with E-state index in [1.807, 2.05) is 48.5 Å². The van der Waals surface area contributed by atoms with Gasteiger partial charge in [0.25, 0.3) is 5.91 Å². The zero-order valence-corrected chi connectivity index (χ0v) is 20.6. The summed E-state index contributed by atoms with van der Waals surface area (Å²) in [5, 5.41) is 6.26. The van der Waals surface area contributed by atoms with Crippen molar-refractivity contribution in [2.24, 2.45) is 0 Å². The zero-order chi connectivity index (χ0) is 22.8. The molecule has 2 unspecified atom stereocenters. The molecule has 33 heavy (non-hydrogen) atoms. The second kappa shape index (κ2) is 9.81. The minimum atomic E-state index is -0.404. The predicted octanol–water partition coefficient (Wildman–Crippen LogP) is 7.00. The molecule has 1 amide bonds. The fourth-order valence-electron chi connectivity index (χ4n) is 3.77. The largest absolute Gasteiger partial charge is 0.480 e. The van der Waals surface area contributed by atoms with Crippen LogP contribution in [0.15, 0.2) is 71.3 Å². The quantitative estimate of drug-likeness (QED) is 0.284. The predicted molar refractivity (Wildman–Crippen MR) is 135 cm³/mol. The van der Waals surface area contributed by atoms with Crippen LogP contribution in [0.2, 0.25) is 5.02 Å². The minimum absolute atomic E-state index is 0.155. The average molecular weight is 544 g/mol. The van der Waals surface area contributed by atoms with Crippen molar-refractivity contribution in [3.8, 4) is 5.75 Å². The van der Waals surface area contributed by atoms with Crippen molar-refractivity contribution in [1.29, 1.82) is 0 Å². The third-order valence-electron chi connectivity index (χ3n) is 5.43. The molecule has 1 aromatic heterocycles. The Balaban J connectivity index is 1.43. The van der Waals surface area contributed by atoms with E-state index in [0.717, 1.165) is 44.3 Å². The van der Waals surface area contributed by atoms with E-state index in [1.165, 1.54) is 11.3 Å². The van der Waals surface area contributed by atoms with Crippen LogP contribution in [-0.2, 0) is 9.53 Å². The molecule has 0 bridgehead atoms. The van der Waals surface area contributed by atoms with Gasteiger partial charge in [-0.3, -0.25) is 10.1 Å². The lowest BCUT2D eigenvalue weighted by Gasteiger charge is -2.19. The van der Waals surface area contributed by atoms with Gasteiger partial charge in [-0.15, -0.1) is 0 Å². The molecule has 0 saturated carbocycles. The highest BCUT2D eigenvalue weighted by Gasteiger charge is 2.25. The number of nitrogens with one attached hydrogen (secondary N) is 1. The Bertz CT molecular complexity index is 1290. The van der Waals surface area contributed by atoms with E-state index in [4.69, 9.17) is 21.1 Å². The standard InChI is InChI=1S/C25H20BrClN2O3S/c26-18-7-3-17-13-20(10-6-16(17)12-18)32-23(15-4-8-19(27)9-5-15)22-14-28-25(33-22)29-24(30)21-2-1-11-31-21/h3-10,12-14,21,23H,1-2,11H2,(H,28,29,30). The molecular formula is C25H20BrClN2O3S. The zero-order valence-electron chi connectivity index (χ0n) is 17.5. The van der Waals surface area contributed by atoms with Crippen molar-refractivity contribution < 1.29 is 14.3 Å². The molecule has 3 aromatic carbocycles. The van der Waals surface area contributed by atoms with Gasteiger partial charge in [0.15, 0.2) is 11.2 Å². The number of carbonyl (C=O) groups is 1. The van der Waals surface area contributed by atoms with Crippen molar-refractivity contribution in [2.75, 3.05) is 11.9 Å². The second-order valence-corrected chi connectivity index (χ2v) is 10.2.